The van der Waals surface area contributed by atoms with Crippen LogP contribution in [0.5, 0.6) is 0 Å². The number of carbonyl (C=O) groups excluding carboxylic acids is 3. The number of amides is 3. The number of aliphatic carboxylic acids is 1. The van der Waals surface area contributed by atoms with E-state index in [9.17, 15) is 24.3 Å². The molecule has 0 fully saturated rings. The number of ether oxygens (including phenoxy) is 1. The van der Waals surface area contributed by atoms with Gasteiger partial charge in [0.2, 0.25) is 11.8 Å². The quantitative estimate of drug-likeness (QED) is 0.337. The molecule has 0 saturated carbocycles. The SMILES string of the molecule is CN1CCCCC=CCCCC(CC(=O)O)C(=O)NC(CCCCNC(=O)OCc2ccccc2)C1=O. The Morgan fingerprint density at radius 2 is 1.81 bits per heavy atom. The summed E-state index contributed by atoms with van der Waals surface area (Å²) in [5.74, 6) is -2.28. The first-order valence-corrected chi connectivity index (χ1v) is 13.2. The summed E-state index contributed by atoms with van der Waals surface area (Å²) >= 11 is 0. The topological polar surface area (TPSA) is 125 Å². The van der Waals surface area contributed by atoms with Gasteiger partial charge in [0.1, 0.15) is 12.6 Å². The minimum absolute atomic E-state index is 0.178. The lowest BCUT2D eigenvalue weighted by Crippen LogP contribution is -2.49. The third kappa shape index (κ3) is 12.4. The Kier molecular flexibility index (Phi) is 13.9. The number of carboxylic acids is 1. The Hall–Kier alpha value is -3.36. The fourth-order valence-electron chi connectivity index (χ4n) is 4.23. The summed E-state index contributed by atoms with van der Waals surface area (Å²) in [6.07, 6.45) is 9.76. The molecule has 0 aliphatic carbocycles. The highest BCUT2D eigenvalue weighted by atomic mass is 16.5. The zero-order chi connectivity index (χ0) is 26.9. The first-order chi connectivity index (χ1) is 17.9. The minimum atomic E-state index is -1.03. The van der Waals surface area contributed by atoms with E-state index in [-0.39, 0.29) is 18.9 Å². The molecule has 0 spiro atoms. The monoisotopic (exact) mass is 515 g/mol. The van der Waals surface area contributed by atoms with Gasteiger partial charge in [0.05, 0.1) is 6.42 Å². The van der Waals surface area contributed by atoms with E-state index in [1.807, 2.05) is 30.3 Å². The second-order valence-corrected chi connectivity index (χ2v) is 9.50. The van der Waals surface area contributed by atoms with Gasteiger partial charge < -0.3 is 25.4 Å². The van der Waals surface area contributed by atoms with Gasteiger partial charge in [-0.05, 0) is 63.4 Å². The Morgan fingerprint density at radius 3 is 2.54 bits per heavy atom. The summed E-state index contributed by atoms with van der Waals surface area (Å²) < 4.78 is 5.20. The molecule has 2 rings (SSSR count). The summed E-state index contributed by atoms with van der Waals surface area (Å²) in [5, 5.41) is 14.8. The third-order valence-corrected chi connectivity index (χ3v) is 6.39. The van der Waals surface area contributed by atoms with E-state index in [4.69, 9.17) is 4.74 Å². The number of likely N-dealkylation sites (N-methyl/N-ethyl adjacent to an activating group) is 1. The maximum atomic E-state index is 13.1. The number of unbranched alkanes of at least 4 members (excludes halogenated alkanes) is 1. The van der Waals surface area contributed by atoms with Crippen molar-refractivity contribution in [2.75, 3.05) is 20.1 Å². The van der Waals surface area contributed by atoms with E-state index < -0.39 is 29.9 Å². The van der Waals surface area contributed by atoms with Gasteiger partial charge in [-0.3, -0.25) is 14.4 Å². The number of hydrogen-bond donors (Lipinski definition) is 3. The molecule has 37 heavy (non-hydrogen) atoms. The van der Waals surface area contributed by atoms with Crippen LogP contribution in [0.1, 0.15) is 69.8 Å². The summed E-state index contributed by atoms with van der Waals surface area (Å²) in [6.45, 7) is 1.16. The number of nitrogens with one attached hydrogen (secondary N) is 2. The molecule has 9 heteroatoms. The van der Waals surface area contributed by atoms with Crippen LogP contribution >= 0.6 is 0 Å². The molecular formula is C28H41N3O6. The second kappa shape index (κ2) is 17.2. The number of nitrogens with zero attached hydrogens (tertiary/aromatic N) is 1. The molecule has 0 radical (unpaired) electrons. The summed E-state index contributed by atoms with van der Waals surface area (Å²) in [6, 6.07) is 8.67. The van der Waals surface area contributed by atoms with Crippen LogP contribution in [0.2, 0.25) is 0 Å². The van der Waals surface area contributed by atoms with Crippen LogP contribution in [0.25, 0.3) is 0 Å². The lowest BCUT2D eigenvalue weighted by molar-refractivity contribution is -0.142. The average Bonchev–Trinajstić information content (AvgIpc) is 2.88. The van der Waals surface area contributed by atoms with Gasteiger partial charge in [-0.25, -0.2) is 4.79 Å². The number of carboxylic acid groups (broad SMARTS) is 1. The molecule has 1 aliphatic heterocycles. The number of alkyl carbamates (subject to hydrolysis) is 1. The fraction of sp³-hybridized carbons (Fsp3) is 0.571. The van der Waals surface area contributed by atoms with Crippen LogP contribution in [0.3, 0.4) is 0 Å². The molecule has 2 unspecified atom stereocenters. The summed E-state index contributed by atoms with van der Waals surface area (Å²) in [5.41, 5.74) is 0.901. The van der Waals surface area contributed by atoms with Gasteiger partial charge in [0, 0.05) is 26.1 Å². The van der Waals surface area contributed by atoms with Gasteiger partial charge in [-0.1, -0.05) is 42.5 Å². The molecule has 1 aromatic carbocycles. The molecule has 204 valence electrons. The summed E-state index contributed by atoms with van der Waals surface area (Å²) in [4.78, 5) is 51.0. The number of hydrogen-bond acceptors (Lipinski definition) is 5. The van der Waals surface area contributed by atoms with E-state index in [0.717, 1.165) is 31.2 Å². The number of carbonyl (C=O) groups is 4. The largest absolute Gasteiger partial charge is 0.481 e. The van der Waals surface area contributed by atoms with Crippen molar-refractivity contribution in [2.24, 2.45) is 5.92 Å². The first-order valence-electron chi connectivity index (χ1n) is 13.2. The van der Waals surface area contributed by atoms with Crippen LogP contribution < -0.4 is 10.6 Å². The van der Waals surface area contributed by atoms with Crippen molar-refractivity contribution < 1.29 is 29.0 Å². The lowest BCUT2D eigenvalue weighted by Gasteiger charge is -2.26. The Labute approximate surface area is 219 Å². The van der Waals surface area contributed by atoms with Crippen molar-refractivity contribution in [3.63, 3.8) is 0 Å². The van der Waals surface area contributed by atoms with Crippen LogP contribution in [0, 0.1) is 5.92 Å². The standard InChI is InChI=1S/C28H41N3O6/c1-31-19-13-6-4-2-3-5-10-16-23(20-25(32)33)26(34)30-24(27(31)35)17-11-12-18-29-28(36)37-21-22-14-8-7-9-15-22/h2-3,7-9,14-15,23-24H,4-6,10-13,16-21H2,1H3,(H,29,36)(H,30,34)(H,32,33). The van der Waals surface area contributed by atoms with E-state index in [0.29, 0.717) is 45.2 Å². The van der Waals surface area contributed by atoms with Crippen molar-refractivity contribution in [1.29, 1.82) is 0 Å². The van der Waals surface area contributed by atoms with E-state index in [1.165, 1.54) is 0 Å². The van der Waals surface area contributed by atoms with Crippen LogP contribution in [-0.2, 0) is 25.7 Å². The molecule has 0 aromatic heterocycles. The molecule has 1 aromatic rings. The molecular weight excluding hydrogens is 474 g/mol. The average molecular weight is 516 g/mol. The van der Waals surface area contributed by atoms with E-state index in [1.54, 1.807) is 11.9 Å². The Balaban J connectivity index is 1.89. The molecule has 1 heterocycles. The molecule has 9 nitrogen and oxygen atoms in total. The van der Waals surface area contributed by atoms with E-state index in [2.05, 4.69) is 22.8 Å². The second-order valence-electron chi connectivity index (χ2n) is 9.50. The zero-order valence-electron chi connectivity index (χ0n) is 21.8. The van der Waals surface area contributed by atoms with Gasteiger partial charge in [-0.15, -0.1) is 0 Å². The maximum absolute atomic E-state index is 13.1. The molecule has 0 saturated heterocycles. The third-order valence-electron chi connectivity index (χ3n) is 6.39. The molecule has 3 amide bonds. The minimum Gasteiger partial charge on any atom is -0.481 e. The van der Waals surface area contributed by atoms with Gasteiger partial charge >= 0.3 is 12.1 Å². The van der Waals surface area contributed by atoms with Crippen LogP contribution in [-0.4, -0.2) is 60.1 Å². The summed E-state index contributed by atoms with van der Waals surface area (Å²) in [7, 11) is 1.73. The molecule has 1 aliphatic rings. The highest BCUT2D eigenvalue weighted by Crippen LogP contribution is 2.16. The molecule has 3 N–H and O–H groups in total. The van der Waals surface area contributed by atoms with Crippen molar-refractivity contribution in [3.8, 4) is 0 Å². The predicted molar refractivity (Wildman–Crippen MR) is 141 cm³/mol. The number of benzene rings is 1. The van der Waals surface area contributed by atoms with Crippen molar-refractivity contribution in [2.45, 2.75) is 76.9 Å². The Bertz CT molecular complexity index is 889. The van der Waals surface area contributed by atoms with E-state index >= 15 is 0 Å². The normalized spacial score (nSPS) is 19.9. The van der Waals surface area contributed by atoms with Crippen molar-refractivity contribution in [1.82, 2.24) is 15.5 Å². The molecule has 2 atom stereocenters. The lowest BCUT2D eigenvalue weighted by atomic mass is 9.96. The van der Waals surface area contributed by atoms with Gasteiger partial charge in [0.25, 0.3) is 0 Å². The predicted octanol–water partition coefficient (Wildman–Crippen LogP) is 4.03. The van der Waals surface area contributed by atoms with Crippen LogP contribution in [0.4, 0.5) is 4.79 Å². The zero-order valence-corrected chi connectivity index (χ0v) is 21.8. The number of allylic oxidation sites excluding steroid dienone is 2. The van der Waals surface area contributed by atoms with Crippen LogP contribution in [0.15, 0.2) is 42.5 Å². The highest BCUT2D eigenvalue weighted by molar-refractivity contribution is 5.89. The van der Waals surface area contributed by atoms with Gasteiger partial charge in [-0.2, -0.15) is 0 Å². The molecule has 0 bridgehead atoms. The first kappa shape index (κ1) is 29.9. The highest BCUT2D eigenvalue weighted by Gasteiger charge is 2.28. The Morgan fingerprint density at radius 1 is 1.08 bits per heavy atom. The van der Waals surface area contributed by atoms with Crippen molar-refractivity contribution >= 4 is 23.9 Å². The smallest absolute Gasteiger partial charge is 0.407 e. The number of rotatable bonds is 9. The van der Waals surface area contributed by atoms with Gasteiger partial charge in [0.15, 0.2) is 0 Å². The maximum Gasteiger partial charge on any atom is 0.407 e. The fourth-order valence-corrected chi connectivity index (χ4v) is 4.23. The van der Waals surface area contributed by atoms with Crippen molar-refractivity contribution in [3.05, 3.63) is 48.0 Å².